The van der Waals surface area contributed by atoms with Crippen molar-refractivity contribution < 1.29 is 24.6 Å². The SMILES string of the molecule is CC1(C(=O)O)C=CC=C(C(=O)O)C1.NCc1ccc(C2=CC(=O)N=N2)cc1. The minimum atomic E-state index is -1.08. The second-order valence-electron chi connectivity index (χ2n) is 6.22. The Bertz CT molecular complexity index is 881. The molecule has 27 heavy (non-hydrogen) atoms. The van der Waals surface area contributed by atoms with Crippen molar-refractivity contribution >= 4 is 23.5 Å². The Hall–Kier alpha value is -3.39. The Kier molecular flexibility index (Phi) is 6.15. The molecule has 2 aliphatic rings. The van der Waals surface area contributed by atoms with Crippen molar-refractivity contribution in [3.05, 3.63) is 65.3 Å². The van der Waals surface area contributed by atoms with Crippen LogP contribution in [-0.4, -0.2) is 28.1 Å². The molecule has 1 unspecified atom stereocenters. The van der Waals surface area contributed by atoms with Crippen LogP contribution in [0.4, 0.5) is 0 Å². The van der Waals surface area contributed by atoms with E-state index in [0.29, 0.717) is 12.2 Å². The lowest BCUT2D eigenvalue weighted by Gasteiger charge is -2.23. The van der Waals surface area contributed by atoms with E-state index < -0.39 is 17.4 Å². The summed E-state index contributed by atoms with van der Waals surface area (Å²) in [6.07, 6.45) is 5.85. The van der Waals surface area contributed by atoms with E-state index in [2.05, 4.69) is 10.2 Å². The molecule has 0 aromatic heterocycles. The summed E-state index contributed by atoms with van der Waals surface area (Å²) >= 11 is 0. The summed E-state index contributed by atoms with van der Waals surface area (Å²) in [5.74, 6) is -2.37. The Morgan fingerprint density at radius 2 is 1.85 bits per heavy atom. The van der Waals surface area contributed by atoms with Gasteiger partial charge in [-0.15, -0.1) is 10.2 Å². The Morgan fingerprint density at radius 3 is 2.33 bits per heavy atom. The molecule has 3 rings (SSSR count). The van der Waals surface area contributed by atoms with Crippen LogP contribution in [0, 0.1) is 5.41 Å². The number of rotatable bonds is 4. The van der Waals surface area contributed by atoms with E-state index in [9.17, 15) is 14.4 Å². The Labute approximate surface area is 155 Å². The first-order valence-electron chi connectivity index (χ1n) is 8.07. The zero-order valence-electron chi connectivity index (χ0n) is 14.6. The fourth-order valence-corrected chi connectivity index (χ4v) is 2.41. The molecular weight excluding hydrogens is 350 g/mol. The van der Waals surface area contributed by atoms with Crippen LogP contribution in [0.15, 0.2) is 64.4 Å². The summed E-state index contributed by atoms with van der Waals surface area (Å²) in [7, 11) is 0. The second kappa shape index (κ2) is 8.33. The maximum atomic E-state index is 10.8. The standard InChI is InChI=1S/C10H9N3O.C9H10O4/c11-6-7-1-3-8(4-2-7)9-5-10(14)13-12-9;1-9(8(12)13)4-2-3-6(5-9)7(10)11/h1-5H,6,11H2;2-4H,5H2,1H3,(H,10,11)(H,12,13). The number of nitrogens with two attached hydrogens (primary N) is 1. The number of hydrogen-bond donors (Lipinski definition) is 3. The van der Waals surface area contributed by atoms with Crippen LogP contribution in [0.1, 0.15) is 24.5 Å². The van der Waals surface area contributed by atoms with Crippen LogP contribution < -0.4 is 5.73 Å². The van der Waals surface area contributed by atoms with E-state index in [1.165, 1.54) is 31.2 Å². The molecule has 1 amide bonds. The molecule has 0 fully saturated rings. The summed E-state index contributed by atoms with van der Waals surface area (Å²) in [6.45, 7) is 2.02. The average Bonchev–Trinajstić information content (AvgIpc) is 3.08. The number of benzene rings is 1. The quantitative estimate of drug-likeness (QED) is 0.744. The number of carboxylic acids is 2. The van der Waals surface area contributed by atoms with Crippen LogP contribution in [-0.2, 0) is 20.9 Å². The van der Waals surface area contributed by atoms with E-state index in [1.54, 1.807) is 0 Å². The van der Waals surface area contributed by atoms with Gasteiger partial charge in [0.15, 0.2) is 0 Å². The van der Waals surface area contributed by atoms with Gasteiger partial charge >= 0.3 is 11.9 Å². The molecule has 4 N–H and O–H groups in total. The third-order valence-corrected chi connectivity index (χ3v) is 4.08. The monoisotopic (exact) mass is 369 g/mol. The Morgan fingerprint density at radius 1 is 1.19 bits per heavy atom. The number of nitrogens with zero attached hydrogens (tertiary/aromatic N) is 2. The first-order valence-corrected chi connectivity index (χ1v) is 8.07. The van der Waals surface area contributed by atoms with Crippen molar-refractivity contribution in [2.24, 2.45) is 21.4 Å². The summed E-state index contributed by atoms with van der Waals surface area (Å²) < 4.78 is 0. The molecule has 1 aliphatic heterocycles. The molecule has 8 heteroatoms. The largest absolute Gasteiger partial charge is 0.481 e. The van der Waals surface area contributed by atoms with E-state index in [4.69, 9.17) is 15.9 Å². The van der Waals surface area contributed by atoms with Crippen LogP contribution in [0.3, 0.4) is 0 Å². The summed E-state index contributed by atoms with van der Waals surface area (Å²) in [4.78, 5) is 32.1. The van der Waals surface area contributed by atoms with Crippen molar-refractivity contribution in [3.63, 3.8) is 0 Å². The molecule has 8 nitrogen and oxygen atoms in total. The molecule has 0 saturated carbocycles. The lowest BCUT2D eigenvalue weighted by molar-refractivity contribution is -0.145. The van der Waals surface area contributed by atoms with Gasteiger partial charge in [0.2, 0.25) is 0 Å². The van der Waals surface area contributed by atoms with Crippen molar-refractivity contribution in [3.8, 4) is 0 Å². The van der Waals surface area contributed by atoms with Crippen molar-refractivity contribution in [2.45, 2.75) is 19.9 Å². The van der Waals surface area contributed by atoms with Gasteiger partial charge in [-0.1, -0.05) is 42.5 Å². The summed E-state index contributed by atoms with van der Waals surface area (Å²) in [5, 5.41) is 24.6. The molecule has 0 bridgehead atoms. The number of hydrogen-bond acceptors (Lipinski definition) is 5. The van der Waals surface area contributed by atoms with Gasteiger partial charge in [0.25, 0.3) is 5.91 Å². The second-order valence-corrected chi connectivity index (χ2v) is 6.22. The van der Waals surface area contributed by atoms with Crippen molar-refractivity contribution in [2.75, 3.05) is 0 Å². The first-order chi connectivity index (χ1) is 12.7. The lowest BCUT2D eigenvalue weighted by atomic mass is 9.80. The van der Waals surface area contributed by atoms with Gasteiger partial charge in [-0.25, -0.2) is 4.79 Å². The number of amides is 1. The summed E-state index contributed by atoms with van der Waals surface area (Å²) in [6, 6.07) is 7.58. The average molecular weight is 369 g/mol. The van der Waals surface area contributed by atoms with E-state index in [-0.39, 0.29) is 17.9 Å². The number of carbonyl (C=O) groups excluding carboxylic acids is 1. The molecule has 0 spiro atoms. The van der Waals surface area contributed by atoms with Crippen LogP contribution in [0.5, 0.6) is 0 Å². The highest BCUT2D eigenvalue weighted by molar-refractivity contribution is 5.98. The highest BCUT2D eigenvalue weighted by atomic mass is 16.4. The molecule has 1 aromatic carbocycles. The molecule has 140 valence electrons. The van der Waals surface area contributed by atoms with Gasteiger partial charge in [0.1, 0.15) is 0 Å². The number of carboxylic acid groups (broad SMARTS) is 2. The topological polar surface area (TPSA) is 142 Å². The third kappa shape index (κ3) is 5.05. The molecule has 0 radical (unpaired) electrons. The Balaban J connectivity index is 0.000000194. The lowest BCUT2D eigenvalue weighted by Crippen LogP contribution is -2.28. The third-order valence-electron chi connectivity index (χ3n) is 4.08. The van der Waals surface area contributed by atoms with Gasteiger partial charge in [-0.2, -0.15) is 0 Å². The van der Waals surface area contributed by atoms with Crippen LogP contribution in [0.25, 0.3) is 5.70 Å². The summed E-state index contributed by atoms with van der Waals surface area (Å²) in [5.41, 5.74) is 7.06. The molecule has 1 aromatic rings. The van der Waals surface area contributed by atoms with Crippen LogP contribution in [0.2, 0.25) is 0 Å². The van der Waals surface area contributed by atoms with Gasteiger partial charge in [-0.05, 0) is 18.9 Å². The highest BCUT2D eigenvalue weighted by Crippen LogP contribution is 2.31. The molecular formula is C19H19N3O5. The zero-order valence-corrected chi connectivity index (χ0v) is 14.6. The van der Waals surface area contributed by atoms with Crippen LogP contribution >= 0.6 is 0 Å². The zero-order chi connectivity index (χ0) is 20.0. The van der Waals surface area contributed by atoms with Gasteiger partial charge in [0, 0.05) is 23.8 Å². The predicted octanol–water partition coefficient (Wildman–Crippen LogP) is 2.53. The van der Waals surface area contributed by atoms with Gasteiger partial charge < -0.3 is 15.9 Å². The van der Waals surface area contributed by atoms with Crippen molar-refractivity contribution in [1.29, 1.82) is 0 Å². The van der Waals surface area contributed by atoms with E-state index in [1.807, 2.05) is 24.3 Å². The first kappa shape index (κ1) is 19.9. The fourth-order valence-electron chi connectivity index (χ4n) is 2.41. The number of carbonyl (C=O) groups is 3. The normalized spacial score (nSPS) is 20.4. The molecule has 1 atom stereocenters. The number of allylic oxidation sites excluding steroid dienone is 2. The highest BCUT2D eigenvalue weighted by Gasteiger charge is 2.34. The molecule has 1 aliphatic carbocycles. The van der Waals surface area contributed by atoms with E-state index >= 15 is 0 Å². The molecule has 0 saturated heterocycles. The molecule has 1 heterocycles. The predicted molar refractivity (Wildman–Crippen MR) is 97.4 cm³/mol. The minimum Gasteiger partial charge on any atom is -0.481 e. The van der Waals surface area contributed by atoms with Gasteiger partial charge in [0.05, 0.1) is 11.1 Å². The van der Waals surface area contributed by atoms with Gasteiger partial charge in [-0.3, -0.25) is 9.59 Å². The van der Waals surface area contributed by atoms with E-state index in [0.717, 1.165) is 11.1 Å². The smallest absolute Gasteiger partial charge is 0.331 e. The fraction of sp³-hybridized carbons (Fsp3) is 0.211. The maximum Gasteiger partial charge on any atom is 0.331 e. The maximum absolute atomic E-state index is 10.8. The minimum absolute atomic E-state index is 0.0359. The van der Waals surface area contributed by atoms with Crippen molar-refractivity contribution in [1.82, 2.24) is 0 Å². The number of azo groups is 1. The number of aliphatic carboxylic acids is 2.